The van der Waals surface area contributed by atoms with E-state index in [0.717, 1.165) is 24.9 Å². The van der Waals surface area contributed by atoms with Gasteiger partial charge in [-0.2, -0.15) is 0 Å². The van der Waals surface area contributed by atoms with Gasteiger partial charge in [0.25, 0.3) is 5.91 Å². The fraction of sp³-hybridized carbons (Fsp3) is 0.429. The van der Waals surface area contributed by atoms with Gasteiger partial charge in [-0.3, -0.25) is 19.8 Å². The van der Waals surface area contributed by atoms with Crippen LogP contribution in [-0.2, 0) is 16.1 Å². The Morgan fingerprint density at radius 3 is 2.74 bits per heavy atom. The second-order valence-corrected chi connectivity index (χ2v) is 5.81. The second kappa shape index (κ2) is 4.65. The molecule has 0 aliphatic carbocycles. The molecule has 2 amide bonds. The van der Waals surface area contributed by atoms with Gasteiger partial charge in [-0.25, -0.2) is 0 Å². The lowest BCUT2D eigenvalue weighted by atomic mass is 9.92. The van der Waals surface area contributed by atoms with Crippen molar-refractivity contribution in [2.24, 2.45) is 5.92 Å². The lowest BCUT2D eigenvalue weighted by molar-refractivity contribution is -0.140. The Bertz CT molecular complexity index is 519. The van der Waals surface area contributed by atoms with Crippen LogP contribution in [0.5, 0.6) is 0 Å². The zero-order valence-corrected chi connectivity index (χ0v) is 11.4. The topological polar surface area (TPSA) is 49.4 Å². The molecule has 0 aromatic heterocycles. The maximum atomic E-state index is 12.4. The zero-order chi connectivity index (χ0) is 13.5. The number of piperidine rings is 1. The Morgan fingerprint density at radius 2 is 2.05 bits per heavy atom. The first kappa shape index (κ1) is 12.7. The molecule has 5 heteroatoms. The van der Waals surface area contributed by atoms with E-state index in [-0.39, 0.29) is 17.7 Å². The average Bonchev–Trinajstić information content (AvgIpc) is 2.62. The Balaban J connectivity index is 1.87. The summed E-state index contributed by atoms with van der Waals surface area (Å²) in [5, 5.41) is 3.11. The molecule has 1 N–H and O–H groups in total. The van der Waals surface area contributed by atoms with E-state index in [1.807, 2.05) is 30.3 Å². The molecular formula is C14H16N2O2S. The van der Waals surface area contributed by atoms with Gasteiger partial charge in [0, 0.05) is 0 Å². The smallest absolute Gasteiger partial charge is 0.260 e. The van der Waals surface area contributed by atoms with E-state index < -0.39 is 4.87 Å². The SMILES string of the molecule is O=C1C2CCCNC2(S)C(=O)N1Cc1ccccc1. The molecule has 1 aromatic carbocycles. The monoisotopic (exact) mass is 276 g/mol. The van der Waals surface area contributed by atoms with Crippen LogP contribution in [0.15, 0.2) is 30.3 Å². The summed E-state index contributed by atoms with van der Waals surface area (Å²) in [6.45, 7) is 1.07. The summed E-state index contributed by atoms with van der Waals surface area (Å²) in [6.07, 6.45) is 1.64. The molecule has 19 heavy (non-hydrogen) atoms. The van der Waals surface area contributed by atoms with Gasteiger partial charge < -0.3 is 0 Å². The Labute approximate surface area is 117 Å². The number of rotatable bonds is 2. The number of thiol groups is 1. The molecule has 0 saturated carbocycles. The molecule has 0 bridgehead atoms. The number of nitrogens with zero attached hydrogens (tertiary/aromatic N) is 1. The highest BCUT2D eigenvalue weighted by atomic mass is 32.1. The fourth-order valence-corrected chi connectivity index (χ4v) is 3.33. The fourth-order valence-electron chi connectivity index (χ4n) is 2.85. The second-order valence-electron chi connectivity index (χ2n) is 5.10. The number of fused-ring (bicyclic) bond motifs is 1. The van der Waals surface area contributed by atoms with Crippen LogP contribution in [0.25, 0.3) is 0 Å². The maximum absolute atomic E-state index is 12.4. The number of nitrogens with one attached hydrogen (secondary N) is 1. The van der Waals surface area contributed by atoms with Crippen molar-refractivity contribution in [3.05, 3.63) is 35.9 Å². The molecule has 2 fully saturated rings. The Kier molecular flexibility index (Phi) is 3.11. The minimum Gasteiger partial charge on any atom is -0.294 e. The Hall–Kier alpha value is -1.33. The predicted molar refractivity (Wildman–Crippen MR) is 74.4 cm³/mol. The van der Waals surface area contributed by atoms with Crippen molar-refractivity contribution in [3.63, 3.8) is 0 Å². The van der Waals surface area contributed by atoms with Crippen LogP contribution in [0.4, 0.5) is 0 Å². The van der Waals surface area contributed by atoms with E-state index in [1.54, 1.807) is 0 Å². The molecule has 2 unspecified atom stereocenters. The van der Waals surface area contributed by atoms with Crippen molar-refractivity contribution in [1.82, 2.24) is 10.2 Å². The van der Waals surface area contributed by atoms with E-state index in [1.165, 1.54) is 4.90 Å². The van der Waals surface area contributed by atoms with Gasteiger partial charge >= 0.3 is 0 Å². The number of carbonyl (C=O) groups is 2. The summed E-state index contributed by atoms with van der Waals surface area (Å²) in [4.78, 5) is 25.2. The van der Waals surface area contributed by atoms with Gasteiger partial charge in [0.15, 0.2) is 4.87 Å². The molecule has 3 rings (SSSR count). The van der Waals surface area contributed by atoms with E-state index in [0.29, 0.717) is 6.54 Å². The van der Waals surface area contributed by atoms with Crippen molar-refractivity contribution in [2.45, 2.75) is 24.3 Å². The van der Waals surface area contributed by atoms with Gasteiger partial charge in [-0.15, -0.1) is 12.6 Å². The van der Waals surface area contributed by atoms with Crippen LogP contribution < -0.4 is 5.32 Å². The van der Waals surface area contributed by atoms with E-state index in [4.69, 9.17) is 0 Å². The molecule has 0 radical (unpaired) electrons. The summed E-state index contributed by atoms with van der Waals surface area (Å²) in [7, 11) is 0. The van der Waals surface area contributed by atoms with E-state index in [2.05, 4.69) is 17.9 Å². The number of likely N-dealkylation sites (tertiary alicyclic amines) is 1. The van der Waals surface area contributed by atoms with Crippen molar-refractivity contribution >= 4 is 24.4 Å². The lowest BCUT2D eigenvalue weighted by Gasteiger charge is -2.31. The molecular weight excluding hydrogens is 260 g/mol. The molecule has 2 atom stereocenters. The third-order valence-electron chi connectivity index (χ3n) is 3.89. The van der Waals surface area contributed by atoms with Crippen LogP contribution >= 0.6 is 12.6 Å². The molecule has 2 aliphatic heterocycles. The summed E-state index contributed by atoms with van der Waals surface area (Å²) < 4.78 is 0. The number of hydrogen-bond acceptors (Lipinski definition) is 4. The normalized spacial score (nSPS) is 30.6. The first-order valence-corrected chi connectivity index (χ1v) is 6.95. The summed E-state index contributed by atoms with van der Waals surface area (Å²) in [5.41, 5.74) is 0.958. The third kappa shape index (κ3) is 1.97. The molecule has 1 aromatic rings. The largest absolute Gasteiger partial charge is 0.294 e. The van der Waals surface area contributed by atoms with Gasteiger partial charge in [0.05, 0.1) is 12.5 Å². The van der Waals surface area contributed by atoms with Crippen molar-refractivity contribution in [2.75, 3.05) is 6.54 Å². The summed E-state index contributed by atoms with van der Waals surface area (Å²) >= 11 is 4.46. The average molecular weight is 276 g/mol. The minimum atomic E-state index is -0.996. The molecule has 2 aliphatic rings. The highest BCUT2D eigenvalue weighted by molar-refractivity contribution is 7.82. The van der Waals surface area contributed by atoms with Crippen LogP contribution in [0.3, 0.4) is 0 Å². The molecule has 100 valence electrons. The van der Waals surface area contributed by atoms with E-state index >= 15 is 0 Å². The number of amides is 2. The number of benzene rings is 1. The van der Waals surface area contributed by atoms with E-state index in [9.17, 15) is 9.59 Å². The van der Waals surface area contributed by atoms with Crippen LogP contribution in [0.1, 0.15) is 18.4 Å². The van der Waals surface area contributed by atoms with Gasteiger partial charge in [0.1, 0.15) is 0 Å². The van der Waals surface area contributed by atoms with Crippen molar-refractivity contribution < 1.29 is 9.59 Å². The number of imide groups is 1. The number of carbonyl (C=O) groups excluding carboxylic acids is 2. The highest BCUT2D eigenvalue weighted by Gasteiger charge is 2.58. The van der Waals surface area contributed by atoms with Crippen molar-refractivity contribution in [3.8, 4) is 0 Å². The van der Waals surface area contributed by atoms with Crippen LogP contribution in [0.2, 0.25) is 0 Å². The first-order chi connectivity index (χ1) is 9.13. The quantitative estimate of drug-likeness (QED) is 0.630. The predicted octanol–water partition coefficient (Wildman–Crippen LogP) is 1.18. The van der Waals surface area contributed by atoms with Crippen molar-refractivity contribution in [1.29, 1.82) is 0 Å². The molecule has 4 nitrogen and oxygen atoms in total. The third-order valence-corrected chi connectivity index (χ3v) is 4.55. The summed E-state index contributed by atoms with van der Waals surface area (Å²) in [5.74, 6) is -0.647. The van der Waals surface area contributed by atoms with Gasteiger partial charge in [-0.1, -0.05) is 30.3 Å². The van der Waals surface area contributed by atoms with Gasteiger partial charge in [0.2, 0.25) is 5.91 Å². The first-order valence-electron chi connectivity index (χ1n) is 6.50. The molecule has 2 saturated heterocycles. The van der Waals surface area contributed by atoms with Gasteiger partial charge in [-0.05, 0) is 24.9 Å². The minimum absolute atomic E-state index is 0.101. The molecule has 2 heterocycles. The maximum Gasteiger partial charge on any atom is 0.260 e. The van der Waals surface area contributed by atoms with Crippen LogP contribution in [-0.4, -0.2) is 28.1 Å². The summed E-state index contributed by atoms with van der Waals surface area (Å²) in [6, 6.07) is 9.56. The lowest BCUT2D eigenvalue weighted by Crippen LogP contribution is -2.53. The zero-order valence-electron chi connectivity index (χ0n) is 10.5. The number of hydrogen-bond donors (Lipinski definition) is 2. The van der Waals surface area contributed by atoms with Crippen LogP contribution in [0, 0.1) is 5.92 Å². The highest BCUT2D eigenvalue weighted by Crippen LogP contribution is 2.39. The standard InChI is InChI=1S/C14H16N2O2S/c17-12-11-7-4-8-15-14(11,19)13(18)16(12)9-10-5-2-1-3-6-10/h1-3,5-6,11,15,19H,4,7-9H2. The molecule has 0 spiro atoms. The Morgan fingerprint density at radius 1 is 1.32 bits per heavy atom.